The molecule has 8 heteroatoms. The molecular formula is C12H12N4O4. The minimum absolute atomic E-state index is 0.0232. The van der Waals surface area contributed by atoms with Gasteiger partial charge in [0, 0.05) is 6.07 Å². The van der Waals surface area contributed by atoms with Gasteiger partial charge in [0.15, 0.2) is 5.69 Å². The van der Waals surface area contributed by atoms with Crippen LogP contribution in [0.15, 0.2) is 27.4 Å². The lowest BCUT2D eigenvalue weighted by atomic mass is 10.2. The molecule has 8 nitrogen and oxygen atoms in total. The van der Waals surface area contributed by atoms with Gasteiger partial charge in [0.05, 0.1) is 5.56 Å². The molecule has 0 atom stereocenters. The number of amides is 2. The van der Waals surface area contributed by atoms with E-state index in [1.54, 1.807) is 19.9 Å². The second kappa shape index (κ2) is 5.39. The average Bonchev–Trinajstić information content (AvgIpc) is 2.75. The Morgan fingerprint density at radius 3 is 2.45 bits per heavy atom. The van der Waals surface area contributed by atoms with Crippen LogP contribution < -0.4 is 16.4 Å². The quantitative estimate of drug-likeness (QED) is 0.670. The largest absolute Gasteiger partial charge is 0.466 e. The van der Waals surface area contributed by atoms with Gasteiger partial charge >= 0.3 is 0 Å². The third-order valence-corrected chi connectivity index (χ3v) is 2.49. The normalized spacial score (nSPS) is 10.1. The van der Waals surface area contributed by atoms with Gasteiger partial charge in [0.2, 0.25) is 0 Å². The van der Waals surface area contributed by atoms with E-state index in [1.807, 2.05) is 0 Å². The maximum atomic E-state index is 11.8. The highest BCUT2D eigenvalue weighted by atomic mass is 16.3. The Morgan fingerprint density at radius 2 is 1.90 bits per heavy atom. The van der Waals surface area contributed by atoms with Crippen molar-refractivity contribution >= 4 is 11.8 Å². The van der Waals surface area contributed by atoms with Crippen LogP contribution in [-0.2, 0) is 0 Å². The Labute approximate surface area is 113 Å². The number of H-pyrrole nitrogens is 1. The molecule has 2 heterocycles. The van der Waals surface area contributed by atoms with Crippen molar-refractivity contribution in [1.29, 1.82) is 0 Å². The fourth-order valence-corrected chi connectivity index (χ4v) is 1.57. The van der Waals surface area contributed by atoms with Crippen LogP contribution in [-0.4, -0.2) is 22.0 Å². The summed E-state index contributed by atoms with van der Waals surface area (Å²) in [5, 5.41) is 5.65. The summed E-state index contributed by atoms with van der Waals surface area (Å²) in [6.45, 7) is 3.36. The summed E-state index contributed by atoms with van der Waals surface area (Å²) in [5.41, 5.74) is 4.31. The summed E-state index contributed by atoms with van der Waals surface area (Å²) in [6, 6.07) is 3.97. The van der Waals surface area contributed by atoms with Gasteiger partial charge in [-0.05, 0) is 26.0 Å². The van der Waals surface area contributed by atoms with Crippen LogP contribution in [0.2, 0.25) is 0 Å². The number of carbonyl (C=O) groups excluding carboxylic acids is 2. The number of hydrazine groups is 1. The molecule has 2 rings (SSSR count). The fraction of sp³-hybridized carbons (Fsp3) is 0.167. The van der Waals surface area contributed by atoms with E-state index >= 15 is 0 Å². The van der Waals surface area contributed by atoms with Crippen molar-refractivity contribution in [3.63, 3.8) is 0 Å². The zero-order chi connectivity index (χ0) is 14.7. The molecular weight excluding hydrogens is 264 g/mol. The lowest BCUT2D eigenvalue weighted by molar-refractivity contribution is 0.0842. The second-order valence-corrected chi connectivity index (χ2v) is 4.04. The van der Waals surface area contributed by atoms with Gasteiger partial charge in [-0.25, -0.2) is 5.10 Å². The summed E-state index contributed by atoms with van der Waals surface area (Å²) < 4.78 is 5.21. The van der Waals surface area contributed by atoms with Crippen LogP contribution >= 0.6 is 0 Å². The lowest BCUT2D eigenvalue weighted by Crippen LogP contribution is -2.42. The molecule has 2 aromatic rings. The first-order valence-electron chi connectivity index (χ1n) is 5.71. The summed E-state index contributed by atoms with van der Waals surface area (Å²) >= 11 is 0. The number of hydrogen-bond donors (Lipinski definition) is 3. The number of hydrogen-bond acceptors (Lipinski definition) is 5. The number of furan rings is 1. The third kappa shape index (κ3) is 2.91. The van der Waals surface area contributed by atoms with Crippen molar-refractivity contribution in [3.05, 3.63) is 51.3 Å². The highest BCUT2D eigenvalue weighted by molar-refractivity contribution is 5.98. The molecule has 0 fully saturated rings. The Hall–Kier alpha value is -2.90. The Balaban J connectivity index is 2.00. The zero-order valence-corrected chi connectivity index (χ0v) is 10.8. The maximum Gasteiger partial charge on any atom is 0.290 e. The Bertz CT molecular complexity index is 696. The highest BCUT2D eigenvalue weighted by Crippen LogP contribution is 2.12. The van der Waals surface area contributed by atoms with E-state index in [0.717, 1.165) is 6.07 Å². The van der Waals surface area contributed by atoms with Crippen LogP contribution in [0.1, 0.15) is 32.4 Å². The summed E-state index contributed by atoms with van der Waals surface area (Å²) in [5.74, 6) is -0.0951. The molecule has 0 aliphatic heterocycles. The van der Waals surface area contributed by atoms with Crippen molar-refractivity contribution < 1.29 is 14.0 Å². The molecule has 0 saturated carbocycles. The van der Waals surface area contributed by atoms with Gasteiger partial charge in [-0.1, -0.05) is 0 Å². The smallest absolute Gasteiger partial charge is 0.290 e. The van der Waals surface area contributed by atoms with Gasteiger partial charge in [0.25, 0.3) is 17.4 Å². The standard InChI is InChI=1S/C12H12N4O4/c1-6-5-8(7(2)20-6)11(18)15-16-12(19)9-3-4-10(17)14-13-9/h3-5H,1-2H3,(H,14,17)(H,15,18)(H,16,19). The molecule has 0 aliphatic rings. The number of aromatic amines is 1. The Morgan fingerprint density at radius 1 is 1.20 bits per heavy atom. The van der Waals surface area contributed by atoms with Crippen LogP contribution in [0, 0.1) is 13.8 Å². The lowest BCUT2D eigenvalue weighted by Gasteiger charge is -2.05. The molecule has 3 N–H and O–H groups in total. The molecule has 104 valence electrons. The van der Waals surface area contributed by atoms with E-state index in [2.05, 4.69) is 21.0 Å². The Kier molecular flexibility index (Phi) is 3.65. The van der Waals surface area contributed by atoms with Gasteiger partial charge in [-0.15, -0.1) is 0 Å². The average molecular weight is 276 g/mol. The first-order chi connectivity index (χ1) is 9.47. The third-order valence-electron chi connectivity index (χ3n) is 2.49. The predicted octanol–water partition coefficient (Wildman–Crippen LogP) is 0.0545. The van der Waals surface area contributed by atoms with Crippen LogP contribution in [0.5, 0.6) is 0 Å². The summed E-state index contributed by atoms with van der Waals surface area (Å²) in [7, 11) is 0. The number of nitrogens with zero attached hydrogens (tertiary/aromatic N) is 1. The van der Waals surface area contributed by atoms with E-state index in [0.29, 0.717) is 17.1 Å². The van der Waals surface area contributed by atoms with E-state index in [-0.39, 0.29) is 5.69 Å². The topological polar surface area (TPSA) is 117 Å². The molecule has 0 aromatic carbocycles. The molecule has 2 amide bonds. The minimum atomic E-state index is -0.646. The van der Waals surface area contributed by atoms with Crippen molar-refractivity contribution in [2.75, 3.05) is 0 Å². The second-order valence-electron chi connectivity index (χ2n) is 4.04. The summed E-state index contributed by atoms with van der Waals surface area (Å²) in [4.78, 5) is 34.3. The number of carbonyl (C=O) groups is 2. The van der Waals surface area contributed by atoms with Crippen molar-refractivity contribution in [3.8, 4) is 0 Å². The number of rotatable bonds is 2. The number of aromatic nitrogens is 2. The molecule has 0 radical (unpaired) electrons. The fourth-order valence-electron chi connectivity index (χ4n) is 1.57. The predicted molar refractivity (Wildman–Crippen MR) is 68.0 cm³/mol. The molecule has 0 bridgehead atoms. The zero-order valence-electron chi connectivity index (χ0n) is 10.8. The van der Waals surface area contributed by atoms with Crippen molar-refractivity contribution in [2.45, 2.75) is 13.8 Å². The van der Waals surface area contributed by atoms with Crippen LogP contribution in [0.25, 0.3) is 0 Å². The first kappa shape index (κ1) is 13.5. The van der Waals surface area contributed by atoms with Gasteiger partial charge < -0.3 is 4.42 Å². The summed E-state index contributed by atoms with van der Waals surface area (Å²) in [6.07, 6.45) is 0. The van der Waals surface area contributed by atoms with Crippen molar-refractivity contribution in [2.24, 2.45) is 0 Å². The molecule has 0 aliphatic carbocycles. The molecule has 0 unspecified atom stereocenters. The highest BCUT2D eigenvalue weighted by Gasteiger charge is 2.15. The van der Waals surface area contributed by atoms with Crippen LogP contribution in [0.3, 0.4) is 0 Å². The van der Waals surface area contributed by atoms with E-state index < -0.39 is 17.4 Å². The molecule has 0 spiro atoms. The van der Waals surface area contributed by atoms with E-state index in [4.69, 9.17) is 4.42 Å². The molecule has 2 aromatic heterocycles. The number of nitrogens with one attached hydrogen (secondary N) is 3. The van der Waals surface area contributed by atoms with Crippen LogP contribution in [0.4, 0.5) is 0 Å². The first-order valence-corrected chi connectivity index (χ1v) is 5.71. The number of aryl methyl sites for hydroxylation is 2. The minimum Gasteiger partial charge on any atom is -0.466 e. The van der Waals surface area contributed by atoms with Gasteiger partial charge in [0.1, 0.15) is 11.5 Å². The van der Waals surface area contributed by atoms with Gasteiger partial charge in [-0.2, -0.15) is 5.10 Å². The van der Waals surface area contributed by atoms with E-state index in [9.17, 15) is 14.4 Å². The molecule has 0 saturated heterocycles. The van der Waals surface area contributed by atoms with Gasteiger partial charge in [-0.3, -0.25) is 25.2 Å². The SMILES string of the molecule is Cc1cc(C(=O)NNC(=O)c2ccc(=O)[nH]n2)c(C)o1. The van der Waals surface area contributed by atoms with Crippen molar-refractivity contribution in [1.82, 2.24) is 21.0 Å². The maximum absolute atomic E-state index is 11.8. The monoisotopic (exact) mass is 276 g/mol. The molecule has 20 heavy (non-hydrogen) atoms. The van der Waals surface area contributed by atoms with E-state index in [1.165, 1.54) is 6.07 Å².